The zero-order valence-electron chi connectivity index (χ0n) is 13.9. The summed E-state index contributed by atoms with van der Waals surface area (Å²) in [6.45, 7) is 6.39. The molecule has 1 N–H and O–H groups in total. The third kappa shape index (κ3) is 8.71. The van der Waals surface area contributed by atoms with Gasteiger partial charge in [0.05, 0.1) is 6.61 Å². The molecular formula is C18H32O3. The highest BCUT2D eigenvalue weighted by molar-refractivity contribution is 5.77. The molecule has 0 saturated carbocycles. The van der Waals surface area contributed by atoms with Gasteiger partial charge in [-0.3, -0.25) is 0 Å². The summed E-state index contributed by atoms with van der Waals surface area (Å²) in [5.74, 6) is -0.855. The normalized spacial score (nSPS) is 12.5. The summed E-state index contributed by atoms with van der Waals surface area (Å²) in [6, 6.07) is 0. The van der Waals surface area contributed by atoms with Crippen molar-refractivity contribution in [3.63, 3.8) is 0 Å². The molecule has 3 heteroatoms. The quantitative estimate of drug-likeness (QED) is 0.379. The van der Waals surface area contributed by atoms with Gasteiger partial charge in [-0.25, -0.2) is 4.79 Å². The number of allylic oxidation sites excluding steroid dienone is 3. The monoisotopic (exact) mass is 296 g/mol. The van der Waals surface area contributed by atoms with Crippen molar-refractivity contribution in [1.82, 2.24) is 0 Å². The van der Waals surface area contributed by atoms with Crippen LogP contribution in [0.25, 0.3) is 0 Å². The van der Waals surface area contributed by atoms with E-state index >= 15 is 0 Å². The van der Waals surface area contributed by atoms with Crippen molar-refractivity contribution in [2.24, 2.45) is 0 Å². The van der Waals surface area contributed by atoms with Crippen LogP contribution >= 0.6 is 0 Å². The summed E-state index contributed by atoms with van der Waals surface area (Å²) >= 11 is 0. The summed E-state index contributed by atoms with van der Waals surface area (Å²) < 4.78 is 5.59. The third-order valence-corrected chi connectivity index (χ3v) is 3.77. The fourth-order valence-electron chi connectivity index (χ4n) is 2.16. The Morgan fingerprint density at radius 2 is 1.62 bits per heavy atom. The van der Waals surface area contributed by atoms with Crippen LogP contribution in [0.2, 0.25) is 0 Å². The number of carboxylic acid groups (broad SMARTS) is 1. The van der Waals surface area contributed by atoms with Crippen LogP contribution in [0.15, 0.2) is 24.3 Å². The molecule has 0 amide bonds. The van der Waals surface area contributed by atoms with Gasteiger partial charge < -0.3 is 9.84 Å². The lowest BCUT2D eigenvalue weighted by atomic mass is 9.97. The molecule has 0 spiro atoms. The van der Waals surface area contributed by atoms with Crippen LogP contribution in [0.5, 0.6) is 0 Å². The minimum absolute atomic E-state index is 0.463. The molecule has 0 bridgehead atoms. The molecule has 0 atom stereocenters. The number of carbonyl (C=O) groups is 1. The number of aliphatic carboxylic acids is 1. The number of ether oxygens (including phenoxy) is 1. The molecule has 0 aromatic rings. The first-order valence-corrected chi connectivity index (χ1v) is 8.30. The smallest absolute Gasteiger partial charge is 0.335 e. The lowest BCUT2D eigenvalue weighted by Crippen LogP contribution is -2.40. The zero-order chi connectivity index (χ0) is 16.0. The highest BCUT2D eigenvalue weighted by atomic mass is 16.5. The van der Waals surface area contributed by atoms with E-state index in [1.165, 1.54) is 25.7 Å². The van der Waals surface area contributed by atoms with Crippen molar-refractivity contribution in [2.75, 3.05) is 6.61 Å². The first kappa shape index (κ1) is 19.9. The second-order valence-corrected chi connectivity index (χ2v) is 5.32. The molecular weight excluding hydrogens is 264 g/mol. The number of rotatable bonds is 13. The first-order valence-electron chi connectivity index (χ1n) is 8.30. The molecule has 0 radical (unpaired) electrons. The number of carboxylic acids is 1. The Kier molecular flexibility index (Phi) is 12.0. The molecule has 0 aliphatic carbocycles. The Morgan fingerprint density at radius 1 is 1.00 bits per heavy atom. The average Bonchev–Trinajstić information content (AvgIpc) is 2.49. The number of unbranched alkanes of at least 4 members (excludes halogenated alkanes) is 3. The Bertz CT molecular complexity index is 314. The van der Waals surface area contributed by atoms with Crippen molar-refractivity contribution in [3.05, 3.63) is 24.3 Å². The first-order chi connectivity index (χ1) is 10.1. The van der Waals surface area contributed by atoms with Crippen LogP contribution in [-0.2, 0) is 9.53 Å². The molecule has 0 aliphatic heterocycles. The van der Waals surface area contributed by atoms with Gasteiger partial charge in [0, 0.05) is 0 Å². The maximum absolute atomic E-state index is 11.2. The fraction of sp³-hybridized carbons (Fsp3) is 0.722. The van der Waals surface area contributed by atoms with Crippen LogP contribution in [0.3, 0.4) is 0 Å². The molecule has 122 valence electrons. The Morgan fingerprint density at radius 3 is 2.14 bits per heavy atom. The number of hydrogen-bond acceptors (Lipinski definition) is 2. The van der Waals surface area contributed by atoms with Crippen molar-refractivity contribution in [2.45, 2.75) is 77.7 Å². The maximum Gasteiger partial charge on any atom is 0.335 e. The van der Waals surface area contributed by atoms with E-state index < -0.39 is 11.6 Å². The predicted molar refractivity (Wildman–Crippen MR) is 88.6 cm³/mol. The average molecular weight is 296 g/mol. The van der Waals surface area contributed by atoms with E-state index in [9.17, 15) is 9.90 Å². The van der Waals surface area contributed by atoms with E-state index in [-0.39, 0.29) is 0 Å². The Hall–Kier alpha value is -1.09. The van der Waals surface area contributed by atoms with E-state index in [1.54, 1.807) is 0 Å². The molecule has 0 aliphatic rings. The van der Waals surface area contributed by atoms with Crippen LogP contribution in [-0.4, -0.2) is 23.3 Å². The minimum atomic E-state index is -1.01. The molecule has 0 rings (SSSR count). The maximum atomic E-state index is 11.2. The van der Waals surface area contributed by atoms with Crippen molar-refractivity contribution in [3.8, 4) is 0 Å². The Balaban J connectivity index is 3.79. The van der Waals surface area contributed by atoms with Gasteiger partial charge in [-0.1, -0.05) is 57.9 Å². The van der Waals surface area contributed by atoms with E-state index in [0.717, 1.165) is 12.8 Å². The molecule has 0 saturated heterocycles. The predicted octanol–water partition coefficient (Wildman–Crippen LogP) is 5.12. The summed E-state index contributed by atoms with van der Waals surface area (Å²) in [5.41, 5.74) is -1.01. The van der Waals surface area contributed by atoms with Gasteiger partial charge in [-0.15, -0.1) is 0 Å². The lowest BCUT2D eigenvalue weighted by Gasteiger charge is -2.26. The second-order valence-electron chi connectivity index (χ2n) is 5.32. The van der Waals surface area contributed by atoms with Crippen molar-refractivity contribution < 1.29 is 14.6 Å². The topological polar surface area (TPSA) is 46.5 Å². The minimum Gasteiger partial charge on any atom is -0.479 e. The highest BCUT2D eigenvalue weighted by Crippen LogP contribution is 2.21. The van der Waals surface area contributed by atoms with Crippen LogP contribution in [0.4, 0.5) is 0 Å². The van der Waals surface area contributed by atoms with Crippen LogP contribution in [0.1, 0.15) is 72.1 Å². The molecule has 0 heterocycles. The van der Waals surface area contributed by atoms with E-state index in [4.69, 9.17) is 4.74 Å². The van der Waals surface area contributed by atoms with Gasteiger partial charge in [0.2, 0.25) is 0 Å². The lowest BCUT2D eigenvalue weighted by molar-refractivity contribution is -0.167. The van der Waals surface area contributed by atoms with Gasteiger partial charge in [-0.2, -0.15) is 0 Å². The van der Waals surface area contributed by atoms with Crippen molar-refractivity contribution in [1.29, 1.82) is 0 Å². The summed E-state index contributed by atoms with van der Waals surface area (Å²) in [7, 11) is 0. The van der Waals surface area contributed by atoms with Crippen LogP contribution in [0, 0.1) is 0 Å². The van der Waals surface area contributed by atoms with Gasteiger partial charge in [0.15, 0.2) is 5.60 Å². The largest absolute Gasteiger partial charge is 0.479 e. The van der Waals surface area contributed by atoms with Gasteiger partial charge >= 0.3 is 5.97 Å². The second kappa shape index (κ2) is 12.6. The SMILES string of the molecule is CCCCC/C=C\C/C=C\CCOC(CC)(CC)C(=O)O. The van der Waals surface area contributed by atoms with E-state index in [0.29, 0.717) is 19.4 Å². The molecule has 0 unspecified atom stereocenters. The molecule has 21 heavy (non-hydrogen) atoms. The summed E-state index contributed by atoms with van der Waals surface area (Å²) in [4.78, 5) is 11.2. The fourth-order valence-corrected chi connectivity index (χ4v) is 2.16. The third-order valence-electron chi connectivity index (χ3n) is 3.77. The summed E-state index contributed by atoms with van der Waals surface area (Å²) in [6.07, 6.45) is 16.3. The van der Waals surface area contributed by atoms with Gasteiger partial charge in [0.1, 0.15) is 0 Å². The van der Waals surface area contributed by atoms with Gasteiger partial charge in [-0.05, 0) is 38.5 Å². The zero-order valence-corrected chi connectivity index (χ0v) is 13.9. The standard InChI is InChI=1S/C18H32O3/c1-4-7-8-9-10-11-12-13-14-15-16-21-18(5-2,6-3)17(19)20/h10-11,13-14H,4-9,12,15-16H2,1-3H3,(H,19,20)/b11-10-,14-13-. The molecule has 0 aromatic carbocycles. The molecule has 0 aromatic heterocycles. The highest BCUT2D eigenvalue weighted by Gasteiger charge is 2.35. The summed E-state index contributed by atoms with van der Waals surface area (Å²) in [5, 5.41) is 9.23. The molecule has 0 fully saturated rings. The van der Waals surface area contributed by atoms with E-state index in [1.807, 2.05) is 13.8 Å². The van der Waals surface area contributed by atoms with Gasteiger partial charge in [0.25, 0.3) is 0 Å². The van der Waals surface area contributed by atoms with Crippen molar-refractivity contribution >= 4 is 5.97 Å². The van der Waals surface area contributed by atoms with Crippen LogP contribution < -0.4 is 0 Å². The van der Waals surface area contributed by atoms with E-state index in [2.05, 4.69) is 31.2 Å². The Labute approximate surface area is 130 Å². The number of hydrogen-bond donors (Lipinski definition) is 1. The molecule has 3 nitrogen and oxygen atoms in total.